The number of ether oxygens (including phenoxy) is 1. The third kappa shape index (κ3) is 5.60. The van der Waals surface area contributed by atoms with E-state index in [0.29, 0.717) is 21.6 Å². The van der Waals surface area contributed by atoms with Crippen LogP contribution in [0.1, 0.15) is 10.4 Å². The Balaban J connectivity index is 1.53. The van der Waals surface area contributed by atoms with Crippen LogP contribution in [0.25, 0.3) is 0 Å². The quantitative estimate of drug-likeness (QED) is 0.556. The van der Waals surface area contributed by atoms with E-state index in [1.165, 1.54) is 11.3 Å². The Morgan fingerprint density at radius 2 is 1.96 bits per heavy atom. The van der Waals surface area contributed by atoms with Crippen molar-refractivity contribution in [2.24, 2.45) is 0 Å². The van der Waals surface area contributed by atoms with Gasteiger partial charge < -0.3 is 15.4 Å². The van der Waals surface area contributed by atoms with E-state index in [-0.39, 0.29) is 12.5 Å². The van der Waals surface area contributed by atoms with Gasteiger partial charge in [0.2, 0.25) is 5.91 Å². The van der Waals surface area contributed by atoms with E-state index in [4.69, 9.17) is 27.9 Å². The number of nitrogens with one attached hydrogen (secondary N) is 2. The van der Waals surface area contributed by atoms with Crippen molar-refractivity contribution in [3.05, 3.63) is 69.1 Å². The average molecular weight is 422 g/mol. The monoisotopic (exact) mass is 421 g/mol. The van der Waals surface area contributed by atoms with Gasteiger partial charge in [-0.05, 0) is 48.0 Å². The van der Waals surface area contributed by atoms with Gasteiger partial charge in [0.25, 0.3) is 0 Å². The highest BCUT2D eigenvalue weighted by molar-refractivity contribution is 7.15. The predicted octanol–water partition coefficient (Wildman–Crippen LogP) is 5.10. The summed E-state index contributed by atoms with van der Waals surface area (Å²) in [5.41, 5.74) is 1.76. The Bertz CT molecular complexity index is 929. The van der Waals surface area contributed by atoms with E-state index in [1.807, 2.05) is 30.3 Å². The molecule has 27 heavy (non-hydrogen) atoms. The first-order valence-corrected chi connectivity index (χ1v) is 9.67. The Morgan fingerprint density at radius 1 is 1.19 bits per heavy atom. The second-order valence-corrected chi connectivity index (χ2v) is 7.63. The minimum atomic E-state index is -0.174. The number of benzene rings is 2. The fourth-order valence-electron chi connectivity index (χ4n) is 2.37. The first-order valence-electron chi connectivity index (χ1n) is 8.10. The molecule has 140 valence electrons. The third-order valence-electron chi connectivity index (χ3n) is 3.72. The maximum absolute atomic E-state index is 12.1. The summed E-state index contributed by atoms with van der Waals surface area (Å²) in [6.07, 6.45) is 2.34. The number of aromatic nitrogens is 1. The molecule has 0 atom stereocenters. The van der Waals surface area contributed by atoms with Gasteiger partial charge in [-0.15, -0.1) is 11.3 Å². The van der Waals surface area contributed by atoms with Crippen molar-refractivity contribution in [2.75, 3.05) is 24.3 Å². The van der Waals surface area contributed by atoms with Crippen molar-refractivity contribution in [3.63, 3.8) is 0 Å². The lowest BCUT2D eigenvalue weighted by Crippen LogP contribution is -2.21. The first-order chi connectivity index (χ1) is 13.0. The fourth-order valence-corrected chi connectivity index (χ4v) is 3.60. The molecule has 0 fully saturated rings. The highest BCUT2D eigenvalue weighted by atomic mass is 35.5. The summed E-state index contributed by atoms with van der Waals surface area (Å²) in [6.45, 7) is 0.140. The summed E-state index contributed by atoms with van der Waals surface area (Å²) in [6, 6.07) is 12.7. The summed E-state index contributed by atoms with van der Waals surface area (Å²) < 4.78 is 5.10. The largest absolute Gasteiger partial charge is 0.497 e. The normalized spacial score (nSPS) is 10.5. The molecule has 0 spiro atoms. The van der Waals surface area contributed by atoms with E-state index in [0.717, 1.165) is 21.9 Å². The molecule has 0 unspecified atom stereocenters. The molecule has 2 aromatic carbocycles. The number of hydrogen-bond acceptors (Lipinski definition) is 5. The number of nitrogens with zero attached hydrogens (tertiary/aromatic N) is 1. The molecule has 0 saturated carbocycles. The second-order valence-electron chi connectivity index (χ2n) is 5.67. The Hall–Kier alpha value is -2.28. The number of anilines is 2. The number of halogens is 2. The number of rotatable bonds is 7. The summed E-state index contributed by atoms with van der Waals surface area (Å²) in [5, 5.41) is 7.68. The molecule has 1 heterocycles. The van der Waals surface area contributed by atoms with Crippen LogP contribution >= 0.6 is 34.5 Å². The van der Waals surface area contributed by atoms with Gasteiger partial charge in [0.1, 0.15) is 5.75 Å². The van der Waals surface area contributed by atoms with Crippen LogP contribution in [-0.4, -0.2) is 24.5 Å². The van der Waals surface area contributed by atoms with E-state index < -0.39 is 0 Å². The van der Waals surface area contributed by atoms with Gasteiger partial charge in [0, 0.05) is 33.2 Å². The van der Waals surface area contributed by atoms with Crippen molar-refractivity contribution in [3.8, 4) is 5.75 Å². The third-order valence-corrected chi connectivity index (χ3v) is 5.23. The number of methoxy groups -OCH3 is 1. The summed E-state index contributed by atoms with van der Waals surface area (Å²) in [7, 11) is 1.61. The van der Waals surface area contributed by atoms with E-state index in [2.05, 4.69) is 15.6 Å². The molecule has 1 aromatic heterocycles. The van der Waals surface area contributed by atoms with Gasteiger partial charge in [0.05, 0.1) is 13.7 Å². The number of carbonyl (C=O) groups is 1. The molecule has 1 amide bonds. The molecule has 0 aliphatic heterocycles. The molecule has 2 N–H and O–H groups in total. The van der Waals surface area contributed by atoms with Crippen LogP contribution < -0.4 is 15.4 Å². The van der Waals surface area contributed by atoms with Gasteiger partial charge in [-0.3, -0.25) is 4.79 Å². The van der Waals surface area contributed by atoms with Crippen LogP contribution in [0.3, 0.4) is 0 Å². The average Bonchev–Trinajstić information content (AvgIpc) is 3.10. The molecule has 0 aliphatic carbocycles. The predicted molar refractivity (Wildman–Crippen MR) is 111 cm³/mol. The van der Waals surface area contributed by atoms with Gasteiger partial charge in [-0.25, -0.2) is 4.98 Å². The molecule has 8 heteroatoms. The number of amides is 1. The van der Waals surface area contributed by atoms with E-state index in [1.54, 1.807) is 25.4 Å². The van der Waals surface area contributed by atoms with Crippen molar-refractivity contribution < 1.29 is 9.53 Å². The lowest BCUT2D eigenvalue weighted by Gasteiger charge is -2.07. The molecule has 0 bridgehead atoms. The first kappa shape index (κ1) is 19.5. The van der Waals surface area contributed by atoms with Crippen LogP contribution in [0.5, 0.6) is 5.75 Å². The zero-order valence-electron chi connectivity index (χ0n) is 14.5. The van der Waals surface area contributed by atoms with Crippen LogP contribution in [0.4, 0.5) is 10.8 Å². The number of hydrogen-bond donors (Lipinski definition) is 2. The van der Waals surface area contributed by atoms with Crippen LogP contribution in [0.2, 0.25) is 10.0 Å². The fraction of sp³-hybridized carbons (Fsp3) is 0.158. The highest BCUT2D eigenvalue weighted by Crippen LogP contribution is 2.27. The molecule has 5 nitrogen and oxygen atoms in total. The maximum Gasteiger partial charge on any atom is 0.245 e. The highest BCUT2D eigenvalue weighted by Gasteiger charge is 2.09. The topological polar surface area (TPSA) is 63.2 Å². The summed E-state index contributed by atoms with van der Waals surface area (Å²) in [5.74, 6) is 0.590. The minimum Gasteiger partial charge on any atom is -0.497 e. The lowest BCUT2D eigenvalue weighted by molar-refractivity contribution is -0.114. The molecule has 3 aromatic rings. The van der Waals surface area contributed by atoms with Gasteiger partial charge >= 0.3 is 0 Å². The Kier molecular flexibility index (Phi) is 6.55. The smallest absolute Gasteiger partial charge is 0.245 e. The van der Waals surface area contributed by atoms with Gasteiger partial charge in [-0.2, -0.15) is 0 Å². The van der Waals surface area contributed by atoms with Crippen molar-refractivity contribution in [1.82, 2.24) is 4.98 Å². The molecule has 3 rings (SSSR count). The van der Waals surface area contributed by atoms with Crippen molar-refractivity contribution >= 4 is 51.3 Å². The zero-order chi connectivity index (χ0) is 19.2. The van der Waals surface area contributed by atoms with Crippen molar-refractivity contribution in [1.29, 1.82) is 0 Å². The molecule has 0 aliphatic rings. The van der Waals surface area contributed by atoms with Crippen LogP contribution in [-0.2, 0) is 11.2 Å². The second kappa shape index (κ2) is 9.08. The minimum absolute atomic E-state index is 0.140. The Morgan fingerprint density at radius 3 is 2.70 bits per heavy atom. The molecular formula is C19H17Cl2N3O2S. The van der Waals surface area contributed by atoms with Gasteiger partial charge in [-0.1, -0.05) is 23.2 Å². The zero-order valence-corrected chi connectivity index (χ0v) is 16.8. The molecular weight excluding hydrogens is 405 g/mol. The standard InChI is InChI=1S/C19H17Cl2N3O2S/c1-26-15-5-3-14(4-6-15)22-11-18(25)24-19-23-10-16(27-19)9-12-8-13(20)2-7-17(12)21/h2-8,10,22H,9,11H2,1H3,(H,23,24,25). The summed E-state index contributed by atoms with van der Waals surface area (Å²) in [4.78, 5) is 17.3. The van der Waals surface area contributed by atoms with E-state index in [9.17, 15) is 4.79 Å². The van der Waals surface area contributed by atoms with Gasteiger partial charge in [0.15, 0.2) is 5.13 Å². The summed E-state index contributed by atoms with van der Waals surface area (Å²) >= 11 is 13.6. The lowest BCUT2D eigenvalue weighted by atomic mass is 10.1. The maximum atomic E-state index is 12.1. The number of thiazole rings is 1. The van der Waals surface area contributed by atoms with Crippen LogP contribution in [0.15, 0.2) is 48.7 Å². The SMILES string of the molecule is COc1ccc(NCC(=O)Nc2ncc(Cc3cc(Cl)ccc3Cl)s2)cc1. The molecule has 0 saturated heterocycles. The van der Waals surface area contributed by atoms with E-state index >= 15 is 0 Å². The van der Waals surface area contributed by atoms with Crippen molar-refractivity contribution in [2.45, 2.75) is 6.42 Å². The molecule has 0 radical (unpaired) electrons. The van der Waals surface area contributed by atoms with Crippen LogP contribution in [0, 0.1) is 0 Å². The number of carbonyl (C=O) groups excluding carboxylic acids is 1. The Labute approximate surface area is 171 Å².